The van der Waals surface area contributed by atoms with Crippen LogP contribution >= 0.6 is 0 Å². The molecular formula is C17H14N2O2S. The van der Waals surface area contributed by atoms with Crippen molar-refractivity contribution in [3.8, 4) is 11.1 Å². The van der Waals surface area contributed by atoms with Crippen LogP contribution in [0.4, 0.5) is 0 Å². The molecule has 2 heterocycles. The number of aryl methyl sites for hydroxylation is 1. The largest absolute Gasteiger partial charge is 0.361 e. The van der Waals surface area contributed by atoms with Gasteiger partial charge in [-0.2, -0.15) is 12.8 Å². The minimum atomic E-state index is -3.51. The fourth-order valence-corrected chi connectivity index (χ4v) is 4.24. The minimum absolute atomic E-state index is 0.296. The maximum absolute atomic E-state index is 11.9. The second-order valence-corrected chi connectivity index (χ2v) is 7.19. The van der Waals surface area contributed by atoms with E-state index >= 15 is 0 Å². The zero-order valence-electron chi connectivity index (χ0n) is 12.2. The predicted octanol–water partition coefficient (Wildman–Crippen LogP) is 3.65. The number of benzene rings is 2. The molecule has 0 radical (unpaired) electrons. The molecule has 4 rings (SSSR count). The van der Waals surface area contributed by atoms with E-state index in [9.17, 15) is 8.42 Å². The maximum atomic E-state index is 11.9. The molecule has 2 aromatic carbocycles. The van der Waals surface area contributed by atoms with Crippen LogP contribution in [0.15, 0.2) is 51.9 Å². The van der Waals surface area contributed by atoms with Gasteiger partial charge in [-0.25, -0.2) is 0 Å². The number of aromatic amines is 1. The summed E-state index contributed by atoms with van der Waals surface area (Å²) in [5, 5.41) is 1.13. The van der Waals surface area contributed by atoms with Gasteiger partial charge in [0.25, 0.3) is 10.0 Å². The van der Waals surface area contributed by atoms with Gasteiger partial charge in [0.05, 0.1) is 10.6 Å². The molecule has 22 heavy (non-hydrogen) atoms. The molecule has 0 unspecified atom stereocenters. The highest BCUT2D eigenvalue weighted by Gasteiger charge is 2.26. The molecule has 4 nitrogen and oxygen atoms in total. The van der Waals surface area contributed by atoms with Crippen LogP contribution in [0.2, 0.25) is 0 Å². The lowest BCUT2D eigenvalue weighted by atomic mass is 10.0. The van der Waals surface area contributed by atoms with Crippen molar-refractivity contribution < 1.29 is 8.42 Å². The molecule has 1 aromatic heterocycles. The Bertz CT molecular complexity index is 1060. The van der Waals surface area contributed by atoms with Crippen molar-refractivity contribution in [2.24, 2.45) is 4.40 Å². The standard InChI is InChI=1S/C17H14N2O2S/c1-10-3-5-13-15(9-18-16(13)7-10)12-4-6-17-14(8-12)11(2)19-22(17,20)21/h3-9,18H,1-2H3. The Morgan fingerprint density at radius 3 is 2.64 bits per heavy atom. The van der Waals surface area contributed by atoms with E-state index in [-0.39, 0.29) is 0 Å². The molecule has 0 aliphatic carbocycles. The molecule has 3 aromatic rings. The van der Waals surface area contributed by atoms with Crippen molar-refractivity contribution in [2.75, 3.05) is 0 Å². The first-order valence-corrected chi connectivity index (χ1v) is 8.44. The van der Waals surface area contributed by atoms with Gasteiger partial charge >= 0.3 is 0 Å². The fraction of sp³-hybridized carbons (Fsp3) is 0.118. The van der Waals surface area contributed by atoms with Crippen molar-refractivity contribution >= 4 is 26.6 Å². The van der Waals surface area contributed by atoms with Crippen LogP contribution in [0.3, 0.4) is 0 Å². The lowest BCUT2D eigenvalue weighted by molar-refractivity contribution is 0.599. The summed E-state index contributed by atoms with van der Waals surface area (Å²) in [4.78, 5) is 3.57. The van der Waals surface area contributed by atoms with Crippen molar-refractivity contribution in [1.82, 2.24) is 4.98 Å². The van der Waals surface area contributed by atoms with Gasteiger partial charge in [-0.05, 0) is 43.2 Å². The van der Waals surface area contributed by atoms with E-state index in [4.69, 9.17) is 0 Å². The molecule has 1 N–H and O–H groups in total. The smallest absolute Gasteiger partial charge is 0.283 e. The Hall–Kier alpha value is -2.40. The summed E-state index contributed by atoms with van der Waals surface area (Å²) in [5.41, 5.74) is 5.57. The Labute approximate surface area is 128 Å². The van der Waals surface area contributed by atoms with Gasteiger partial charge in [0, 0.05) is 28.2 Å². The summed E-state index contributed by atoms with van der Waals surface area (Å²) in [7, 11) is -3.51. The number of sulfonamides is 1. The van der Waals surface area contributed by atoms with E-state index in [2.05, 4.69) is 34.5 Å². The first-order chi connectivity index (χ1) is 10.5. The molecule has 0 saturated carbocycles. The van der Waals surface area contributed by atoms with Crippen molar-refractivity contribution in [3.05, 3.63) is 53.7 Å². The second kappa shape index (κ2) is 4.30. The van der Waals surface area contributed by atoms with Crippen LogP contribution < -0.4 is 0 Å². The topological polar surface area (TPSA) is 62.3 Å². The first kappa shape index (κ1) is 13.3. The number of fused-ring (bicyclic) bond motifs is 2. The van der Waals surface area contributed by atoms with Crippen LogP contribution in [-0.2, 0) is 10.0 Å². The number of aromatic nitrogens is 1. The molecule has 1 aliphatic heterocycles. The summed E-state index contributed by atoms with van der Waals surface area (Å²) < 4.78 is 27.6. The van der Waals surface area contributed by atoms with Crippen LogP contribution in [-0.4, -0.2) is 19.1 Å². The third kappa shape index (κ3) is 1.82. The van der Waals surface area contributed by atoms with E-state index in [0.717, 1.165) is 22.0 Å². The van der Waals surface area contributed by atoms with Crippen LogP contribution in [0.25, 0.3) is 22.0 Å². The SMILES string of the molecule is CC1=NS(=O)(=O)c2ccc(-c3c[nH]c4cc(C)ccc34)cc21. The number of nitrogens with one attached hydrogen (secondary N) is 1. The molecule has 0 fully saturated rings. The Kier molecular flexibility index (Phi) is 2.60. The Balaban J connectivity index is 1.94. The highest BCUT2D eigenvalue weighted by Crippen LogP contribution is 2.34. The Morgan fingerprint density at radius 2 is 1.82 bits per heavy atom. The minimum Gasteiger partial charge on any atom is -0.361 e. The summed E-state index contributed by atoms with van der Waals surface area (Å²) in [6.07, 6.45) is 1.96. The van der Waals surface area contributed by atoms with Crippen molar-refractivity contribution in [1.29, 1.82) is 0 Å². The third-order valence-electron chi connectivity index (χ3n) is 4.05. The Morgan fingerprint density at radius 1 is 1.00 bits per heavy atom. The molecule has 5 heteroatoms. The van der Waals surface area contributed by atoms with Crippen LogP contribution in [0.5, 0.6) is 0 Å². The number of hydrogen-bond acceptors (Lipinski definition) is 2. The normalized spacial score (nSPS) is 15.8. The van der Waals surface area contributed by atoms with E-state index in [0.29, 0.717) is 16.2 Å². The maximum Gasteiger partial charge on any atom is 0.283 e. The van der Waals surface area contributed by atoms with E-state index in [1.807, 2.05) is 18.3 Å². The zero-order valence-corrected chi connectivity index (χ0v) is 13.0. The van der Waals surface area contributed by atoms with Gasteiger partial charge in [0.2, 0.25) is 0 Å². The van der Waals surface area contributed by atoms with Gasteiger partial charge in [-0.1, -0.05) is 18.2 Å². The molecule has 1 aliphatic rings. The average Bonchev–Trinajstić information content (AvgIpc) is 2.97. The molecule has 0 spiro atoms. The number of hydrogen-bond donors (Lipinski definition) is 1. The van der Waals surface area contributed by atoms with Crippen LogP contribution in [0, 0.1) is 6.92 Å². The number of rotatable bonds is 1. The quantitative estimate of drug-likeness (QED) is 0.745. The van der Waals surface area contributed by atoms with Gasteiger partial charge < -0.3 is 4.98 Å². The lowest BCUT2D eigenvalue weighted by Crippen LogP contribution is -1.94. The third-order valence-corrected chi connectivity index (χ3v) is 5.48. The van der Waals surface area contributed by atoms with Crippen molar-refractivity contribution in [2.45, 2.75) is 18.7 Å². The molecule has 0 amide bonds. The first-order valence-electron chi connectivity index (χ1n) is 7.00. The average molecular weight is 310 g/mol. The van der Waals surface area contributed by atoms with Crippen molar-refractivity contribution in [3.63, 3.8) is 0 Å². The summed E-state index contributed by atoms with van der Waals surface area (Å²) in [6, 6.07) is 11.6. The van der Waals surface area contributed by atoms with Gasteiger partial charge in [0.15, 0.2) is 0 Å². The molecule has 110 valence electrons. The van der Waals surface area contributed by atoms with Gasteiger partial charge in [-0.15, -0.1) is 0 Å². The van der Waals surface area contributed by atoms with E-state index in [1.54, 1.807) is 13.0 Å². The van der Waals surface area contributed by atoms with Gasteiger partial charge in [0.1, 0.15) is 0 Å². The summed E-state index contributed by atoms with van der Waals surface area (Å²) in [6.45, 7) is 3.78. The fourth-order valence-electron chi connectivity index (χ4n) is 2.96. The summed E-state index contributed by atoms with van der Waals surface area (Å²) in [5.74, 6) is 0. The van der Waals surface area contributed by atoms with E-state index in [1.165, 1.54) is 5.56 Å². The van der Waals surface area contributed by atoms with E-state index < -0.39 is 10.0 Å². The monoisotopic (exact) mass is 310 g/mol. The molecule has 0 saturated heterocycles. The number of H-pyrrole nitrogens is 1. The predicted molar refractivity (Wildman–Crippen MR) is 87.9 cm³/mol. The highest BCUT2D eigenvalue weighted by molar-refractivity contribution is 7.90. The van der Waals surface area contributed by atoms with Gasteiger partial charge in [-0.3, -0.25) is 0 Å². The molecule has 0 atom stereocenters. The molecular weight excluding hydrogens is 296 g/mol. The molecule has 0 bridgehead atoms. The van der Waals surface area contributed by atoms with Crippen LogP contribution in [0.1, 0.15) is 18.1 Å². The summed E-state index contributed by atoms with van der Waals surface area (Å²) >= 11 is 0. The highest BCUT2D eigenvalue weighted by atomic mass is 32.2. The second-order valence-electron chi connectivity index (χ2n) is 5.61. The lowest BCUT2D eigenvalue weighted by Gasteiger charge is -2.04. The number of nitrogens with zero attached hydrogens (tertiary/aromatic N) is 1. The zero-order chi connectivity index (χ0) is 15.5.